The van der Waals surface area contributed by atoms with Crippen LogP contribution in [0, 0.1) is 0 Å². The lowest BCUT2D eigenvalue weighted by atomic mass is 10.1. The second-order valence-electron chi connectivity index (χ2n) is 6.61. The molecule has 1 aromatic carbocycles. The first-order valence-corrected chi connectivity index (χ1v) is 8.61. The van der Waals surface area contributed by atoms with Gasteiger partial charge in [-0.1, -0.05) is 12.1 Å². The van der Waals surface area contributed by atoms with Gasteiger partial charge in [0.2, 0.25) is 11.8 Å². The molecule has 150 valence electrons. The molecule has 1 saturated heterocycles. The van der Waals surface area contributed by atoms with E-state index in [2.05, 4.69) is 0 Å². The fourth-order valence-corrected chi connectivity index (χ4v) is 2.72. The zero-order chi connectivity index (χ0) is 20.0. The molecule has 1 heterocycles. The minimum Gasteiger partial charge on any atom is -0.378 e. The molecule has 1 aliphatic heterocycles. The van der Waals surface area contributed by atoms with E-state index in [4.69, 9.17) is 4.74 Å². The summed E-state index contributed by atoms with van der Waals surface area (Å²) in [6.07, 6.45) is -4.36. The zero-order valence-corrected chi connectivity index (χ0v) is 15.5. The number of morpholine rings is 1. The Morgan fingerprint density at radius 1 is 1.07 bits per heavy atom. The van der Waals surface area contributed by atoms with Crippen molar-refractivity contribution >= 4 is 11.8 Å². The van der Waals surface area contributed by atoms with Crippen LogP contribution in [0.5, 0.6) is 0 Å². The summed E-state index contributed by atoms with van der Waals surface area (Å²) >= 11 is 0. The molecule has 1 aliphatic rings. The van der Waals surface area contributed by atoms with Gasteiger partial charge in [0.05, 0.1) is 31.9 Å². The molecule has 9 heteroatoms. The predicted molar refractivity (Wildman–Crippen MR) is 92.8 cm³/mol. The highest BCUT2D eigenvalue weighted by atomic mass is 19.4. The van der Waals surface area contributed by atoms with E-state index in [1.165, 1.54) is 17.0 Å². The first-order chi connectivity index (χ1) is 12.7. The van der Waals surface area contributed by atoms with Gasteiger partial charge in [0.25, 0.3) is 0 Å². The Bertz CT molecular complexity index is 643. The molecule has 0 atom stereocenters. The molecule has 0 aliphatic carbocycles. The first-order valence-electron chi connectivity index (χ1n) is 8.61. The van der Waals surface area contributed by atoms with E-state index in [0.717, 1.165) is 12.1 Å². The standard InChI is InChI=1S/C18H24F3N3O3/c1-22(11-14-3-5-15(6-4-14)18(19,20)21)12-16(25)23(2)13-17(26)24-7-9-27-10-8-24/h3-6H,7-13H2,1-2H3. The van der Waals surface area contributed by atoms with Crippen LogP contribution in [0.3, 0.4) is 0 Å². The molecule has 0 aromatic heterocycles. The van der Waals surface area contributed by atoms with Crippen molar-refractivity contribution in [1.29, 1.82) is 0 Å². The molecule has 0 spiro atoms. The molecule has 0 saturated carbocycles. The van der Waals surface area contributed by atoms with Crippen molar-refractivity contribution in [2.24, 2.45) is 0 Å². The van der Waals surface area contributed by atoms with E-state index in [1.807, 2.05) is 0 Å². The van der Waals surface area contributed by atoms with Crippen LogP contribution in [-0.2, 0) is 27.0 Å². The third-order valence-electron chi connectivity index (χ3n) is 4.30. The summed E-state index contributed by atoms with van der Waals surface area (Å²) < 4.78 is 42.9. The number of rotatable bonds is 6. The quantitative estimate of drug-likeness (QED) is 0.742. The normalized spacial score (nSPS) is 15.1. The number of carbonyl (C=O) groups excluding carboxylic acids is 2. The predicted octanol–water partition coefficient (Wildman–Crippen LogP) is 1.45. The Hall–Kier alpha value is -2.13. The van der Waals surface area contributed by atoms with E-state index >= 15 is 0 Å². The van der Waals surface area contributed by atoms with Gasteiger partial charge in [0, 0.05) is 26.7 Å². The van der Waals surface area contributed by atoms with Crippen LogP contribution in [0.25, 0.3) is 0 Å². The van der Waals surface area contributed by atoms with Crippen molar-refractivity contribution < 1.29 is 27.5 Å². The number of hydrogen-bond acceptors (Lipinski definition) is 4. The highest BCUT2D eigenvalue weighted by Crippen LogP contribution is 2.29. The highest BCUT2D eigenvalue weighted by Gasteiger charge is 2.30. The van der Waals surface area contributed by atoms with Gasteiger partial charge in [-0.15, -0.1) is 0 Å². The Balaban J connectivity index is 1.80. The summed E-state index contributed by atoms with van der Waals surface area (Å²) in [5, 5.41) is 0. The maximum absolute atomic E-state index is 12.6. The van der Waals surface area contributed by atoms with E-state index in [1.54, 1.807) is 23.9 Å². The molecule has 0 unspecified atom stereocenters. The summed E-state index contributed by atoms with van der Waals surface area (Å²) in [7, 11) is 3.26. The number of ether oxygens (including phenoxy) is 1. The minimum atomic E-state index is -4.36. The molecule has 0 radical (unpaired) electrons. The summed E-state index contributed by atoms with van der Waals surface area (Å²) in [6, 6.07) is 4.85. The number of halogens is 3. The number of alkyl halides is 3. The van der Waals surface area contributed by atoms with Gasteiger partial charge in [0.15, 0.2) is 0 Å². The van der Waals surface area contributed by atoms with Crippen molar-refractivity contribution in [3.63, 3.8) is 0 Å². The average molecular weight is 387 g/mol. The number of nitrogens with zero attached hydrogens (tertiary/aromatic N) is 3. The minimum absolute atomic E-state index is 0.00699. The van der Waals surface area contributed by atoms with Crippen LogP contribution in [0.2, 0.25) is 0 Å². The van der Waals surface area contributed by atoms with Crippen LogP contribution in [0.4, 0.5) is 13.2 Å². The van der Waals surface area contributed by atoms with Crippen molar-refractivity contribution in [1.82, 2.24) is 14.7 Å². The molecular weight excluding hydrogens is 363 g/mol. The van der Waals surface area contributed by atoms with Gasteiger partial charge in [-0.05, 0) is 24.7 Å². The van der Waals surface area contributed by atoms with Crippen molar-refractivity contribution in [3.8, 4) is 0 Å². The van der Waals surface area contributed by atoms with Gasteiger partial charge < -0.3 is 14.5 Å². The summed E-state index contributed by atoms with van der Waals surface area (Å²) in [5.41, 5.74) is -0.0308. The van der Waals surface area contributed by atoms with E-state index in [-0.39, 0.29) is 24.9 Å². The van der Waals surface area contributed by atoms with Gasteiger partial charge in [-0.2, -0.15) is 13.2 Å². The summed E-state index contributed by atoms with van der Waals surface area (Å²) in [4.78, 5) is 29.2. The molecule has 6 nitrogen and oxygen atoms in total. The number of likely N-dealkylation sites (N-methyl/N-ethyl adjacent to an activating group) is 2. The van der Waals surface area contributed by atoms with Crippen molar-refractivity contribution in [3.05, 3.63) is 35.4 Å². The Kier molecular flexibility index (Phi) is 7.20. The number of amides is 2. The number of benzene rings is 1. The summed E-state index contributed by atoms with van der Waals surface area (Å²) in [6.45, 7) is 2.43. The van der Waals surface area contributed by atoms with Crippen LogP contribution >= 0.6 is 0 Å². The van der Waals surface area contributed by atoms with E-state index in [9.17, 15) is 22.8 Å². The van der Waals surface area contributed by atoms with Gasteiger partial charge in [0.1, 0.15) is 0 Å². The maximum atomic E-state index is 12.6. The van der Waals surface area contributed by atoms with Crippen molar-refractivity contribution in [2.45, 2.75) is 12.7 Å². The molecule has 1 aromatic rings. The Morgan fingerprint density at radius 3 is 2.22 bits per heavy atom. The lowest BCUT2D eigenvalue weighted by molar-refractivity contribution is -0.142. The largest absolute Gasteiger partial charge is 0.416 e. The van der Waals surface area contributed by atoms with Crippen LogP contribution in [-0.4, -0.2) is 80.0 Å². The fourth-order valence-electron chi connectivity index (χ4n) is 2.72. The molecule has 1 fully saturated rings. The van der Waals surface area contributed by atoms with Crippen LogP contribution in [0.1, 0.15) is 11.1 Å². The Morgan fingerprint density at radius 2 is 1.67 bits per heavy atom. The lowest BCUT2D eigenvalue weighted by Crippen LogP contribution is -2.47. The molecule has 27 heavy (non-hydrogen) atoms. The first kappa shape index (κ1) is 21.2. The topological polar surface area (TPSA) is 53.1 Å². The molecular formula is C18H24F3N3O3. The molecule has 0 bridgehead atoms. The molecule has 0 N–H and O–H groups in total. The zero-order valence-electron chi connectivity index (χ0n) is 15.5. The molecule has 2 rings (SSSR count). The molecule has 2 amide bonds. The fraction of sp³-hybridized carbons (Fsp3) is 0.556. The monoisotopic (exact) mass is 387 g/mol. The highest BCUT2D eigenvalue weighted by molar-refractivity contribution is 5.85. The van der Waals surface area contributed by atoms with Crippen molar-refractivity contribution in [2.75, 3.05) is 53.5 Å². The third-order valence-corrected chi connectivity index (χ3v) is 4.30. The number of hydrogen-bond donors (Lipinski definition) is 0. The SMILES string of the molecule is CN(CC(=O)N(C)CC(=O)N1CCOCC1)Cc1ccc(C(F)(F)F)cc1. The van der Waals surface area contributed by atoms with Crippen LogP contribution in [0.15, 0.2) is 24.3 Å². The number of carbonyl (C=O) groups is 2. The Labute approximate surface area is 156 Å². The van der Waals surface area contributed by atoms with E-state index in [0.29, 0.717) is 38.4 Å². The lowest BCUT2D eigenvalue weighted by Gasteiger charge is -2.29. The second kappa shape index (κ2) is 9.18. The maximum Gasteiger partial charge on any atom is 0.416 e. The average Bonchev–Trinajstić information content (AvgIpc) is 2.61. The summed E-state index contributed by atoms with van der Waals surface area (Å²) in [5.74, 6) is -0.356. The van der Waals surface area contributed by atoms with Gasteiger partial charge in [-0.25, -0.2) is 0 Å². The van der Waals surface area contributed by atoms with Gasteiger partial charge in [-0.3, -0.25) is 14.5 Å². The van der Waals surface area contributed by atoms with E-state index < -0.39 is 11.7 Å². The van der Waals surface area contributed by atoms with Crippen LogP contribution < -0.4 is 0 Å². The second-order valence-corrected chi connectivity index (χ2v) is 6.61. The van der Waals surface area contributed by atoms with Gasteiger partial charge >= 0.3 is 6.18 Å². The smallest absolute Gasteiger partial charge is 0.378 e. The third kappa shape index (κ3) is 6.51.